The van der Waals surface area contributed by atoms with Crippen LogP contribution in [0.2, 0.25) is 0 Å². The molecule has 0 atom stereocenters. The smallest absolute Gasteiger partial charge is 0.326 e. The summed E-state index contributed by atoms with van der Waals surface area (Å²) in [5.41, 5.74) is 0.692. The summed E-state index contributed by atoms with van der Waals surface area (Å²) in [6.45, 7) is 6.04. The number of imide groups is 1. The van der Waals surface area contributed by atoms with Crippen LogP contribution < -0.4 is 9.47 Å². The van der Waals surface area contributed by atoms with E-state index in [1.807, 2.05) is 26.8 Å². The number of hydrogen-bond acceptors (Lipinski definition) is 7. The SMILES string of the molecule is CCOc1c(I)cc(/C=C2/SC(=O)N(CC(=O)OCC(C)C)C2=O)cc1OC. The highest BCUT2D eigenvalue weighted by molar-refractivity contribution is 14.1. The van der Waals surface area contributed by atoms with Crippen LogP contribution in [-0.4, -0.2) is 48.9 Å². The molecule has 1 aromatic rings. The van der Waals surface area contributed by atoms with E-state index in [4.69, 9.17) is 14.2 Å². The van der Waals surface area contributed by atoms with Gasteiger partial charge in [-0.1, -0.05) is 13.8 Å². The van der Waals surface area contributed by atoms with Crippen LogP contribution in [-0.2, 0) is 14.3 Å². The summed E-state index contributed by atoms with van der Waals surface area (Å²) in [6, 6.07) is 3.57. The van der Waals surface area contributed by atoms with Crippen molar-refractivity contribution in [3.63, 3.8) is 0 Å². The van der Waals surface area contributed by atoms with E-state index in [0.29, 0.717) is 23.7 Å². The summed E-state index contributed by atoms with van der Waals surface area (Å²) in [4.78, 5) is 37.7. The summed E-state index contributed by atoms with van der Waals surface area (Å²) in [5, 5.41) is -0.495. The molecule has 1 aromatic carbocycles. The standard InChI is InChI=1S/C19H22INO6S/c1-5-26-17-13(20)6-12(7-14(17)25-4)8-15-18(23)21(19(24)28-15)9-16(22)27-10-11(2)3/h6-8,11H,5,9-10H2,1-4H3/b15-8+. The molecule has 9 heteroatoms. The third-order valence-corrected chi connectivity index (χ3v) is 5.29. The fourth-order valence-corrected chi connectivity index (χ4v) is 3.95. The first-order valence-corrected chi connectivity index (χ1v) is 10.6. The van der Waals surface area contributed by atoms with Gasteiger partial charge < -0.3 is 14.2 Å². The molecule has 1 aliphatic rings. The first-order chi connectivity index (χ1) is 13.3. The van der Waals surface area contributed by atoms with Gasteiger partial charge in [-0.3, -0.25) is 19.3 Å². The number of hydrogen-bond donors (Lipinski definition) is 0. The molecule has 0 spiro atoms. The maximum Gasteiger partial charge on any atom is 0.326 e. The lowest BCUT2D eigenvalue weighted by Crippen LogP contribution is -2.34. The second-order valence-corrected chi connectivity index (χ2v) is 8.47. The van der Waals surface area contributed by atoms with E-state index in [1.54, 1.807) is 12.1 Å². The maximum absolute atomic E-state index is 12.6. The number of thioether (sulfide) groups is 1. The third-order valence-electron chi connectivity index (χ3n) is 3.58. The number of rotatable bonds is 8. The van der Waals surface area contributed by atoms with Crippen molar-refractivity contribution in [2.24, 2.45) is 5.92 Å². The highest BCUT2D eigenvalue weighted by Gasteiger charge is 2.36. The van der Waals surface area contributed by atoms with E-state index in [1.165, 1.54) is 7.11 Å². The Morgan fingerprint density at radius 3 is 2.64 bits per heavy atom. The van der Waals surface area contributed by atoms with Crippen molar-refractivity contribution in [2.75, 3.05) is 26.9 Å². The van der Waals surface area contributed by atoms with E-state index < -0.39 is 23.7 Å². The van der Waals surface area contributed by atoms with Gasteiger partial charge in [0.2, 0.25) is 0 Å². The van der Waals surface area contributed by atoms with Gasteiger partial charge in [0.1, 0.15) is 6.54 Å². The van der Waals surface area contributed by atoms with Crippen LogP contribution in [0.1, 0.15) is 26.3 Å². The highest BCUT2D eigenvalue weighted by Crippen LogP contribution is 2.37. The Hall–Kier alpha value is -1.75. The van der Waals surface area contributed by atoms with Crippen LogP contribution in [0.15, 0.2) is 17.0 Å². The molecule has 0 unspecified atom stereocenters. The Labute approximate surface area is 181 Å². The molecule has 2 rings (SSSR count). The maximum atomic E-state index is 12.6. The van der Waals surface area contributed by atoms with Crippen molar-refractivity contribution in [3.8, 4) is 11.5 Å². The Kier molecular flexibility index (Phi) is 8.17. The number of benzene rings is 1. The topological polar surface area (TPSA) is 82.1 Å². The number of esters is 1. The Bertz CT molecular complexity index is 808. The van der Waals surface area contributed by atoms with Gasteiger partial charge in [-0.15, -0.1) is 0 Å². The molecular formula is C19H22INO6S. The van der Waals surface area contributed by atoms with Crippen LogP contribution in [0.4, 0.5) is 4.79 Å². The molecule has 1 aliphatic heterocycles. The van der Waals surface area contributed by atoms with Gasteiger partial charge in [0, 0.05) is 0 Å². The first-order valence-electron chi connectivity index (χ1n) is 8.68. The predicted molar refractivity (Wildman–Crippen MR) is 115 cm³/mol. The molecule has 0 bridgehead atoms. The van der Waals surface area contributed by atoms with Crippen molar-refractivity contribution >= 4 is 57.5 Å². The second-order valence-electron chi connectivity index (χ2n) is 6.31. The fourth-order valence-electron chi connectivity index (χ4n) is 2.33. The molecule has 0 saturated carbocycles. The Morgan fingerprint density at radius 2 is 2.04 bits per heavy atom. The quantitative estimate of drug-likeness (QED) is 0.293. The van der Waals surface area contributed by atoms with Gasteiger partial charge in [0.25, 0.3) is 11.1 Å². The van der Waals surface area contributed by atoms with Crippen molar-refractivity contribution in [1.29, 1.82) is 0 Å². The average Bonchev–Trinajstić information content (AvgIpc) is 2.89. The molecule has 1 heterocycles. The van der Waals surface area contributed by atoms with Crippen molar-refractivity contribution < 1.29 is 28.6 Å². The van der Waals surface area contributed by atoms with Gasteiger partial charge in [-0.2, -0.15) is 0 Å². The van der Waals surface area contributed by atoms with Crippen molar-refractivity contribution in [1.82, 2.24) is 4.90 Å². The molecule has 152 valence electrons. The van der Waals surface area contributed by atoms with Crippen LogP contribution in [0, 0.1) is 9.49 Å². The largest absolute Gasteiger partial charge is 0.493 e. The van der Waals surface area contributed by atoms with E-state index in [9.17, 15) is 14.4 Å². The molecule has 0 radical (unpaired) electrons. The van der Waals surface area contributed by atoms with Crippen molar-refractivity contribution in [2.45, 2.75) is 20.8 Å². The fraction of sp³-hybridized carbons (Fsp3) is 0.421. The summed E-state index contributed by atoms with van der Waals surface area (Å²) >= 11 is 2.92. The molecule has 0 N–H and O–H groups in total. The predicted octanol–water partition coefficient (Wildman–Crippen LogP) is 3.93. The number of methoxy groups -OCH3 is 1. The normalized spacial score (nSPS) is 15.5. The van der Waals surface area contributed by atoms with E-state index in [2.05, 4.69) is 22.6 Å². The number of nitrogens with zero attached hydrogens (tertiary/aromatic N) is 1. The number of amides is 2. The van der Waals surface area contributed by atoms with Gasteiger partial charge >= 0.3 is 5.97 Å². The molecule has 1 fully saturated rings. The zero-order valence-electron chi connectivity index (χ0n) is 16.1. The minimum absolute atomic E-state index is 0.177. The lowest BCUT2D eigenvalue weighted by atomic mass is 10.2. The lowest BCUT2D eigenvalue weighted by Gasteiger charge is -2.13. The number of ether oxygens (including phenoxy) is 3. The van der Waals surface area contributed by atoms with Gasteiger partial charge in [0.05, 0.1) is 28.8 Å². The summed E-state index contributed by atoms with van der Waals surface area (Å²) in [6.07, 6.45) is 1.60. The molecule has 7 nitrogen and oxygen atoms in total. The third kappa shape index (κ3) is 5.63. The highest BCUT2D eigenvalue weighted by atomic mass is 127. The van der Waals surface area contributed by atoms with Crippen LogP contribution in [0.3, 0.4) is 0 Å². The van der Waals surface area contributed by atoms with Gasteiger partial charge in [-0.05, 0) is 71.0 Å². The molecular weight excluding hydrogens is 497 g/mol. The molecule has 0 aromatic heterocycles. The van der Waals surface area contributed by atoms with Crippen LogP contribution in [0.25, 0.3) is 6.08 Å². The molecule has 0 aliphatic carbocycles. The lowest BCUT2D eigenvalue weighted by molar-refractivity contribution is -0.147. The Balaban J connectivity index is 2.19. The van der Waals surface area contributed by atoms with E-state index in [-0.39, 0.29) is 17.4 Å². The number of carbonyl (C=O) groups excluding carboxylic acids is 3. The molecule has 2 amide bonds. The minimum Gasteiger partial charge on any atom is -0.493 e. The number of halogens is 1. The first kappa shape index (κ1) is 22.5. The number of carbonyl (C=O) groups is 3. The zero-order valence-corrected chi connectivity index (χ0v) is 19.1. The molecule has 1 saturated heterocycles. The zero-order chi connectivity index (χ0) is 20.8. The van der Waals surface area contributed by atoms with Crippen LogP contribution in [0.5, 0.6) is 11.5 Å². The second kappa shape index (κ2) is 10.1. The summed E-state index contributed by atoms with van der Waals surface area (Å²) in [7, 11) is 1.54. The molecule has 28 heavy (non-hydrogen) atoms. The summed E-state index contributed by atoms with van der Waals surface area (Å²) < 4.78 is 16.8. The van der Waals surface area contributed by atoms with Gasteiger partial charge in [-0.25, -0.2) is 0 Å². The van der Waals surface area contributed by atoms with Gasteiger partial charge in [0.15, 0.2) is 11.5 Å². The van der Waals surface area contributed by atoms with E-state index in [0.717, 1.165) is 20.2 Å². The average molecular weight is 519 g/mol. The van der Waals surface area contributed by atoms with Crippen LogP contribution >= 0.6 is 34.4 Å². The monoisotopic (exact) mass is 519 g/mol. The minimum atomic E-state index is -0.602. The van der Waals surface area contributed by atoms with Crippen molar-refractivity contribution in [3.05, 3.63) is 26.2 Å². The summed E-state index contributed by atoms with van der Waals surface area (Å²) in [5.74, 6) is 0.227. The Morgan fingerprint density at radius 1 is 1.32 bits per heavy atom. The van der Waals surface area contributed by atoms with E-state index >= 15 is 0 Å².